The number of nitrogens with zero attached hydrogens (tertiary/aromatic N) is 1. The summed E-state index contributed by atoms with van der Waals surface area (Å²) in [6.07, 6.45) is -0.860. The van der Waals surface area contributed by atoms with Crippen LogP contribution < -0.4 is 11.2 Å². The minimum Gasteiger partial charge on any atom is -0.406 e. The normalized spacial score (nSPS) is 35.5. The van der Waals surface area contributed by atoms with Crippen molar-refractivity contribution in [3.63, 3.8) is 0 Å². The molecule has 2 heterocycles. The molecule has 3 amide bonds. The quantitative estimate of drug-likeness (QED) is 0.113. The maximum atomic E-state index is 14.1. The average molecular weight is 675 g/mol. The van der Waals surface area contributed by atoms with Crippen LogP contribution in [0.1, 0.15) is 96.9 Å². The molecule has 258 valence electrons. The molecule has 2 saturated heterocycles. The van der Waals surface area contributed by atoms with Gasteiger partial charge in [0.1, 0.15) is 40.1 Å². The molecule has 0 radical (unpaired) electrons. The lowest BCUT2D eigenvalue weighted by molar-refractivity contribution is -0.925. The Hall–Kier alpha value is -0.449. The van der Waals surface area contributed by atoms with E-state index in [-0.39, 0.29) is 29.3 Å². The number of ether oxygens (including phenoxy) is 3. The third-order valence-corrected chi connectivity index (χ3v) is 27.6. The third kappa shape index (κ3) is 4.86. The summed E-state index contributed by atoms with van der Waals surface area (Å²) in [5.41, 5.74) is -3.33. The molecular formula is C32H68N3O6Si3+. The number of rotatable bonds is 8. The lowest BCUT2D eigenvalue weighted by atomic mass is 9.65. The van der Waals surface area contributed by atoms with Crippen LogP contribution >= 0.6 is 0 Å². The van der Waals surface area contributed by atoms with E-state index >= 15 is 0 Å². The zero-order valence-corrected chi connectivity index (χ0v) is 36.0. The van der Waals surface area contributed by atoms with Gasteiger partial charge in [-0.3, -0.25) is 4.79 Å². The topological polar surface area (TPSA) is 109 Å². The molecule has 2 fully saturated rings. The molecule has 3 N–H and O–H groups in total. The molecular weight excluding hydrogens is 607 g/mol. The maximum Gasteiger partial charge on any atom is 0.444 e. The fraction of sp³-hybridized carbons (Fsp3) is 0.938. The van der Waals surface area contributed by atoms with Gasteiger partial charge in [0.2, 0.25) is 12.1 Å². The number of imide groups is 1. The molecule has 3 unspecified atom stereocenters. The number of nitrogens with one attached hydrogen (secondary N) is 1. The first-order chi connectivity index (χ1) is 19.2. The van der Waals surface area contributed by atoms with Crippen LogP contribution in [0.25, 0.3) is 0 Å². The summed E-state index contributed by atoms with van der Waals surface area (Å²) >= 11 is 0. The molecule has 0 saturated carbocycles. The maximum absolute atomic E-state index is 14.1. The van der Waals surface area contributed by atoms with Crippen LogP contribution in [0.15, 0.2) is 0 Å². The Morgan fingerprint density at radius 3 is 1.80 bits per heavy atom. The summed E-state index contributed by atoms with van der Waals surface area (Å²) in [4.78, 5) is 27.6. The first kappa shape index (κ1) is 39.7. The Labute approximate surface area is 274 Å². The fourth-order valence-corrected chi connectivity index (χ4v) is 16.9. The largest absolute Gasteiger partial charge is 0.444 e. The van der Waals surface area contributed by atoms with Crippen LogP contribution in [0.5, 0.6) is 0 Å². The van der Waals surface area contributed by atoms with Gasteiger partial charge in [-0.25, -0.2) is 10.1 Å². The molecule has 12 heteroatoms. The zero-order chi connectivity index (χ0) is 35.2. The minimum atomic E-state index is -2.63. The van der Waals surface area contributed by atoms with E-state index in [1.807, 2.05) is 27.7 Å². The van der Waals surface area contributed by atoms with Crippen molar-refractivity contribution in [3.05, 3.63) is 0 Å². The number of nitrogens with two attached hydrogens (primary N) is 1. The van der Waals surface area contributed by atoms with Crippen LogP contribution in [0.2, 0.25) is 36.3 Å². The average Bonchev–Trinajstić information content (AvgIpc) is 3.02. The van der Waals surface area contributed by atoms with Gasteiger partial charge in [0, 0.05) is 7.11 Å². The highest BCUT2D eigenvalue weighted by Crippen LogP contribution is 2.69. The van der Waals surface area contributed by atoms with E-state index in [9.17, 15) is 9.59 Å². The number of amides is 3. The molecule has 0 aromatic heterocycles. The number of methoxy groups -OCH3 is 1. The van der Waals surface area contributed by atoms with E-state index in [1.165, 1.54) is 0 Å². The van der Waals surface area contributed by atoms with E-state index in [1.54, 1.807) is 7.11 Å². The van der Waals surface area contributed by atoms with E-state index in [4.69, 9.17) is 24.5 Å². The van der Waals surface area contributed by atoms with Gasteiger partial charge in [-0.1, -0.05) is 88.5 Å². The number of urea groups is 1. The Bertz CT molecular complexity index is 1140. The molecule has 0 aromatic carbocycles. The number of carbonyl (C=O) groups excluding carboxylic acids is 2. The van der Waals surface area contributed by atoms with E-state index in [2.05, 4.69) is 101 Å². The minimum absolute atomic E-state index is 0.0873. The molecule has 2 rings (SSSR count). The summed E-state index contributed by atoms with van der Waals surface area (Å²) in [6.45, 7) is 39.9. The molecule has 9 nitrogen and oxygen atoms in total. The van der Waals surface area contributed by atoms with Gasteiger partial charge in [-0.15, -0.1) is 4.59 Å². The first-order valence-electron chi connectivity index (χ1n) is 16.1. The van der Waals surface area contributed by atoms with Gasteiger partial charge in [0.15, 0.2) is 0 Å². The predicted molar refractivity (Wildman–Crippen MR) is 187 cm³/mol. The van der Waals surface area contributed by atoms with Gasteiger partial charge >= 0.3 is 6.03 Å². The standard InChI is InChI=1S/C32H67N3O6Si3/c1-25(2,3)29(12)20-35(33,24(37)34-22(29)36)23-28(10,11)32(38-15,44(18,19)27(7,8)9)30(13,41-23)31(14,39-21-40-42)43(16,17)26(4,5)6/h23H,20-21,33H2,1-19,42H3/p+1/t23-,29?,30-,31?,32-,35?/m1/s1. The van der Waals surface area contributed by atoms with Crippen molar-refractivity contribution in [2.45, 2.75) is 155 Å². The highest BCUT2D eigenvalue weighted by Gasteiger charge is 2.86. The predicted octanol–water partition coefficient (Wildman–Crippen LogP) is 5.63. The van der Waals surface area contributed by atoms with Gasteiger partial charge in [0.25, 0.3) is 0 Å². The van der Waals surface area contributed by atoms with Crippen LogP contribution in [0.4, 0.5) is 4.79 Å². The van der Waals surface area contributed by atoms with Crippen LogP contribution in [0, 0.1) is 16.2 Å². The van der Waals surface area contributed by atoms with Crippen molar-refractivity contribution >= 4 is 38.6 Å². The van der Waals surface area contributed by atoms with Gasteiger partial charge < -0.3 is 18.6 Å². The second-order valence-corrected chi connectivity index (χ2v) is 30.6. The van der Waals surface area contributed by atoms with Gasteiger partial charge in [-0.05, 0) is 50.1 Å². The summed E-state index contributed by atoms with van der Waals surface area (Å²) in [6, 6.07) is -0.558. The molecule has 2 aliphatic rings. The third-order valence-electron chi connectivity index (χ3n) is 13.8. The van der Waals surface area contributed by atoms with Crippen LogP contribution in [-0.2, 0) is 23.4 Å². The summed E-state index contributed by atoms with van der Waals surface area (Å²) in [5, 5.41) is 0.627. The molecule has 2 aliphatic heterocycles. The van der Waals surface area contributed by atoms with Crippen molar-refractivity contribution in [2.75, 3.05) is 20.4 Å². The second-order valence-electron chi connectivity index (χ2n) is 18.9. The van der Waals surface area contributed by atoms with E-state index in [0.717, 1.165) is 0 Å². The number of carbonyl (C=O) groups is 2. The second kappa shape index (κ2) is 11.0. The molecule has 6 atom stereocenters. The molecule has 0 aromatic rings. The van der Waals surface area contributed by atoms with Gasteiger partial charge in [0.05, 0.1) is 26.8 Å². The number of quaternary nitrogens is 1. The van der Waals surface area contributed by atoms with E-state index < -0.39 is 65.3 Å². The molecule has 44 heavy (non-hydrogen) atoms. The zero-order valence-electron chi connectivity index (χ0n) is 32.0. The molecule has 0 aliphatic carbocycles. The fourth-order valence-electron chi connectivity index (χ4n) is 8.58. The van der Waals surface area contributed by atoms with E-state index in [0.29, 0.717) is 10.5 Å². The van der Waals surface area contributed by atoms with Crippen LogP contribution in [0.3, 0.4) is 0 Å². The summed E-state index contributed by atoms with van der Waals surface area (Å²) in [7, 11) is -2.81. The lowest BCUT2D eigenvalue weighted by Gasteiger charge is -2.66. The number of hydrogen-bond donors (Lipinski definition) is 2. The Morgan fingerprint density at radius 1 is 0.955 bits per heavy atom. The van der Waals surface area contributed by atoms with Crippen molar-refractivity contribution in [1.29, 1.82) is 0 Å². The van der Waals surface area contributed by atoms with Crippen molar-refractivity contribution in [1.82, 2.24) is 5.32 Å². The lowest BCUT2D eigenvalue weighted by Crippen LogP contribution is -2.84. The summed E-state index contributed by atoms with van der Waals surface area (Å²) < 4.78 is 26.8. The Morgan fingerprint density at radius 2 is 1.43 bits per heavy atom. The van der Waals surface area contributed by atoms with Crippen LogP contribution in [-0.4, -0.2) is 85.9 Å². The summed E-state index contributed by atoms with van der Waals surface area (Å²) in [5.74, 6) is 7.05. The smallest absolute Gasteiger partial charge is 0.406 e. The monoisotopic (exact) mass is 674 g/mol. The van der Waals surface area contributed by atoms with Crippen molar-refractivity contribution < 1.29 is 32.8 Å². The Kier molecular flexibility index (Phi) is 9.97. The molecule has 0 bridgehead atoms. The highest BCUT2D eigenvalue weighted by atomic mass is 28.3. The van der Waals surface area contributed by atoms with Crippen molar-refractivity contribution in [2.24, 2.45) is 22.1 Å². The van der Waals surface area contributed by atoms with Crippen molar-refractivity contribution in [3.8, 4) is 0 Å². The number of hydrogen-bond acceptors (Lipinski definition) is 7. The first-order valence-corrected chi connectivity index (χ1v) is 22.9. The SMILES string of the molecule is CO[C@@]1([Si](C)(C)C(C)(C)C)C(C)(C)[C@H]([N+]2(N)CC(C)(C(C)(C)C)C(=O)NC2=O)O[C@]1(C)C(C)(OCO[SiH3])[Si](C)(C)C(C)(C)C. The highest BCUT2D eigenvalue weighted by molar-refractivity contribution is 6.85. The molecule has 0 spiro atoms. The van der Waals surface area contributed by atoms with Gasteiger partial charge in [-0.2, -0.15) is 5.84 Å². The Balaban J connectivity index is 3.19.